The number of methoxy groups -OCH3 is 1. The highest BCUT2D eigenvalue weighted by molar-refractivity contribution is 5.52. The molecule has 4 aromatic rings. The molecule has 0 N–H and O–H groups in total. The Bertz CT molecular complexity index is 1410. The molecule has 3 aromatic heterocycles. The Hall–Kier alpha value is -3.83. The van der Waals surface area contributed by atoms with Gasteiger partial charge in [0.1, 0.15) is 11.5 Å². The zero-order valence-corrected chi connectivity index (χ0v) is 19.3. The molecule has 7 nitrogen and oxygen atoms in total. The minimum atomic E-state index is -4.64. The summed E-state index contributed by atoms with van der Waals surface area (Å²) in [5, 5.41) is 3.97. The standard InChI is InChI=1S/C24H21F5N6O/c1-14-11-34(13-30-14)12-15-7-8-19(31-22(15)36-2)20-32-21-17(9-10-23(25,26)35(21)33-20)16-5-3-4-6-18(16)24(27,28)29/h3-8,11,13,17H,9-10,12H2,1-2H3/t17-/m0/s1. The van der Waals surface area contributed by atoms with Crippen molar-refractivity contribution in [3.8, 4) is 17.4 Å². The van der Waals surface area contributed by atoms with Crippen LogP contribution in [-0.2, 0) is 18.8 Å². The molecule has 1 aliphatic heterocycles. The van der Waals surface area contributed by atoms with Crippen LogP contribution < -0.4 is 4.74 Å². The molecule has 0 fully saturated rings. The minimum Gasteiger partial charge on any atom is -0.481 e. The second-order valence-electron chi connectivity index (χ2n) is 8.60. The molecule has 0 aliphatic carbocycles. The van der Waals surface area contributed by atoms with Crippen molar-refractivity contribution in [1.82, 2.24) is 29.3 Å². The summed E-state index contributed by atoms with van der Waals surface area (Å²) in [4.78, 5) is 12.8. The lowest BCUT2D eigenvalue weighted by Crippen LogP contribution is -2.33. The molecule has 5 rings (SSSR count). The molecule has 0 unspecified atom stereocenters. The summed E-state index contributed by atoms with van der Waals surface area (Å²) >= 11 is 0. The maximum atomic E-state index is 14.8. The number of benzene rings is 1. The first kappa shape index (κ1) is 23.9. The summed E-state index contributed by atoms with van der Waals surface area (Å²) in [5.74, 6) is -1.12. The fourth-order valence-electron chi connectivity index (χ4n) is 4.45. The Morgan fingerprint density at radius 1 is 1.11 bits per heavy atom. The van der Waals surface area contributed by atoms with Crippen LogP contribution >= 0.6 is 0 Å². The number of fused-ring (bicyclic) bond motifs is 1. The van der Waals surface area contributed by atoms with Gasteiger partial charge in [0, 0.05) is 24.1 Å². The minimum absolute atomic E-state index is 0.114. The molecule has 188 valence electrons. The highest BCUT2D eigenvalue weighted by Gasteiger charge is 2.45. The van der Waals surface area contributed by atoms with Crippen LogP contribution in [0.3, 0.4) is 0 Å². The number of pyridine rings is 1. The van der Waals surface area contributed by atoms with E-state index in [-0.39, 0.29) is 35.2 Å². The zero-order chi connectivity index (χ0) is 25.7. The van der Waals surface area contributed by atoms with Gasteiger partial charge in [-0.1, -0.05) is 18.2 Å². The van der Waals surface area contributed by atoms with Crippen molar-refractivity contribution < 1.29 is 26.7 Å². The summed E-state index contributed by atoms with van der Waals surface area (Å²) in [7, 11) is 1.43. The van der Waals surface area contributed by atoms with Gasteiger partial charge in [0.25, 0.3) is 0 Å². The number of aromatic nitrogens is 6. The molecule has 4 heterocycles. The normalized spacial score (nSPS) is 17.1. The highest BCUT2D eigenvalue weighted by Crippen LogP contribution is 2.45. The zero-order valence-electron chi connectivity index (χ0n) is 19.3. The number of ether oxygens (including phenoxy) is 1. The monoisotopic (exact) mass is 504 g/mol. The predicted octanol–water partition coefficient (Wildman–Crippen LogP) is 5.40. The van der Waals surface area contributed by atoms with Crippen LogP contribution in [0.5, 0.6) is 5.88 Å². The first-order valence-corrected chi connectivity index (χ1v) is 11.1. The van der Waals surface area contributed by atoms with Gasteiger partial charge in [-0.15, -0.1) is 5.10 Å². The predicted molar refractivity (Wildman–Crippen MR) is 119 cm³/mol. The Balaban J connectivity index is 1.55. The first-order valence-electron chi connectivity index (χ1n) is 11.1. The van der Waals surface area contributed by atoms with Crippen molar-refractivity contribution >= 4 is 0 Å². The number of rotatable bonds is 5. The maximum Gasteiger partial charge on any atom is 0.416 e. The molecule has 12 heteroatoms. The van der Waals surface area contributed by atoms with Crippen molar-refractivity contribution in [2.75, 3.05) is 7.11 Å². The molecule has 1 aromatic carbocycles. The Morgan fingerprint density at radius 3 is 2.58 bits per heavy atom. The molecule has 0 saturated carbocycles. The average Bonchev–Trinajstić information content (AvgIpc) is 3.46. The average molecular weight is 504 g/mol. The number of nitrogens with zero attached hydrogens (tertiary/aromatic N) is 6. The molecule has 0 bridgehead atoms. The van der Waals surface area contributed by atoms with E-state index in [0.717, 1.165) is 11.8 Å². The van der Waals surface area contributed by atoms with E-state index < -0.39 is 30.1 Å². The van der Waals surface area contributed by atoms with Gasteiger partial charge in [0.15, 0.2) is 5.82 Å². The molecule has 0 saturated heterocycles. The van der Waals surface area contributed by atoms with Crippen LogP contribution in [0.1, 0.15) is 47.0 Å². The fourth-order valence-corrected chi connectivity index (χ4v) is 4.45. The van der Waals surface area contributed by atoms with Gasteiger partial charge in [-0.2, -0.15) is 26.6 Å². The molecule has 0 amide bonds. The van der Waals surface area contributed by atoms with Gasteiger partial charge >= 0.3 is 12.2 Å². The van der Waals surface area contributed by atoms with Gasteiger partial charge in [-0.05, 0) is 37.1 Å². The van der Waals surface area contributed by atoms with Gasteiger partial charge in [-0.25, -0.2) is 15.0 Å². The summed E-state index contributed by atoms with van der Waals surface area (Å²) in [6.07, 6.45) is -2.01. The largest absolute Gasteiger partial charge is 0.481 e. The lowest BCUT2D eigenvalue weighted by molar-refractivity contribution is -0.138. The summed E-state index contributed by atoms with van der Waals surface area (Å²) in [5.41, 5.74) is 0.726. The second kappa shape index (κ2) is 8.68. The van der Waals surface area contributed by atoms with E-state index in [1.54, 1.807) is 18.5 Å². The third kappa shape index (κ3) is 4.31. The molecule has 1 atom stereocenters. The quantitative estimate of drug-likeness (QED) is 0.341. The Labute approximate surface area is 202 Å². The van der Waals surface area contributed by atoms with Crippen molar-refractivity contribution in [2.24, 2.45) is 0 Å². The van der Waals surface area contributed by atoms with E-state index in [4.69, 9.17) is 4.74 Å². The van der Waals surface area contributed by atoms with Gasteiger partial charge in [-0.3, -0.25) is 0 Å². The molecule has 0 radical (unpaired) electrons. The lowest BCUT2D eigenvalue weighted by Gasteiger charge is -2.30. The second-order valence-corrected chi connectivity index (χ2v) is 8.60. The fraction of sp³-hybridized carbons (Fsp3) is 0.333. The van der Waals surface area contributed by atoms with E-state index >= 15 is 0 Å². The third-order valence-electron chi connectivity index (χ3n) is 6.11. The van der Waals surface area contributed by atoms with Crippen LogP contribution in [0.2, 0.25) is 0 Å². The third-order valence-corrected chi connectivity index (χ3v) is 6.11. The van der Waals surface area contributed by atoms with Crippen LogP contribution in [0, 0.1) is 6.92 Å². The van der Waals surface area contributed by atoms with Crippen molar-refractivity contribution in [3.05, 3.63) is 77.1 Å². The van der Waals surface area contributed by atoms with Crippen molar-refractivity contribution in [3.63, 3.8) is 0 Å². The summed E-state index contributed by atoms with van der Waals surface area (Å²) in [6, 6.07) is 4.84. The Morgan fingerprint density at radius 2 is 1.89 bits per heavy atom. The van der Waals surface area contributed by atoms with E-state index in [1.807, 2.05) is 17.7 Å². The SMILES string of the molecule is COc1nc(-c2nc3n(n2)C(F)(F)CC[C@H]3c2ccccc2C(F)(F)F)ccc1Cn1cnc(C)c1. The number of hydrogen-bond acceptors (Lipinski definition) is 5. The Kier molecular flexibility index (Phi) is 5.76. The van der Waals surface area contributed by atoms with Crippen LogP contribution in [0.25, 0.3) is 11.5 Å². The van der Waals surface area contributed by atoms with E-state index in [1.165, 1.54) is 25.3 Å². The van der Waals surface area contributed by atoms with E-state index in [9.17, 15) is 22.0 Å². The number of hydrogen-bond donors (Lipinski definition) is 0. The molecular weight excluding hydrogens is 483 g/mol. The van der Waals surface area contributed by atoms with Crippen LogP contribution in [-0.4, -0.2) is 36.4 Å². The number of imidazole rings is 1. The number of halogens is 5. The maximum absolute atomic E-state index is 14.8. The van der Waals surface area contributed by atoms with Crippen LogP contribution in [0.4, 0.5) is 22.0 Å². The molecule has 0 spiro atoms. The topological polar surface area (TPSA) is 70.7 Å². The molecular formula is C24H21F5N6O. The van der Waals surface area contributed by atoms with E-state index in [0.29, 0.717) is 16.8 Å². The van der Waals surface area contributed by atoms with Crippen LogP contribution in [0.15, 0.2) is 48.9 Å². The van der Waals surface area contributed by atoms with Gasteiger partial charge in [0.2, 0.25) is 5.88 Å². The number of alkyl halides is 5. The molecule has 1 aliphatic rings. The van der Waals surface area contributed by atoms with E-state index in [2.05, 4.69) is 20.1 Å². The first-order chi connectivity index (χ1) is 17.1. The lowest BCUT2D eigenvalue weighted by atomic mass is 9.87. The smallest absolute Gasteiger partial charge is 0.416 e. The van der Waals surface area contributed by atoms with Crippen molar-refractivity contribution in [2.45, 2.75) is 44.5 Å². The summed E-state index contributed by atoms with van der Waals surface area (Å²) in [6.45, 7) is 2.27. The molecule has 36 heavy (non-hydrogen) atoms. The van der Waals surface area contributed by atoms with Gasteiger partial charge in [0.05, 0.1) is 31.2 Å². The highest BCUT2D eigenvalue weighted by atomic mass is 19.4. The van der Waals surface area contributed by atoms with Crippen molar-refractivity contribution in [1.29, 1.82) is 0 Å². The number of aryl methyl sites for hydroxylation is 1. The van der Waals surface area contributed by atoms with Gasteiger partial charge < -0.3 is 9.30 Å². The summed E-state index contributed by atoms with van der Waals surface area (Å²) < 4.78 is 78.2.